The third kappa shape index (κ3) is 2.16. The van der Waals surface area contributed by atoms with Gasteiger partial charge in [0.05, 0.1) is 12.3 Å². The van der Waals surface area contributed by atoms with E-state index in [2.05, 4.69) is 9.88 Å². The summed E-state index contributed by atoms with van der Waals surface area (Å²) in [5.41, 5.74) is 5.63. The van der Waals surface area contributed by atoms with Crippen molar-refractivity contribution in [2.75, 3.05) is 23.7 Å². The molecule has 4 nitrogen and oxygen atoms in total. The number of thiazole rings is 1. The smallest absolute Gasteiger partial charge is 0.187 e. The van der Waals surface area contributed by atoms with E-state index in [9.17, 15) is 5.11 Å². The van der Waals surface area contributed by atoms with Crippen LogP contribution >= 0.6 is 11.3 Å². The van der Waals surface area contributed by atoms with E-state index in [-0.39, 0.29) is 6.10 Å². The molecular weight excluding hydrogens is 198 g/mol. The Morgan fingerprint density at radius 3 is 3.07 bits per heavy atom. The molecule has 0 aliphatic carbocycles. The molecule has 0 bridgehead atoms. The number of rotatable bonds is 1. The van der Waals surface area contributed by atoms with E-state index in [0.29, 0.717) is 0 Å². The highest BCUT2D eigenvalue weighted by Crippen LogP contribution is 2.26. The van der Waals surface area contributed by atoms with Crippen LogP contribution in [-0.2, 0) is 0 Å². The van der Waals surface area contributed by atoms with Gasteiger partial charge in [-0.25, -0.2) is 4.98 Å². The molecule has 1 aliphatic rings. The topological polar surface area (TPSA) is 62.4 Å². The fraction of sp³-hybridized carbons (Fsp3) is 0.667. The first kappa shape index (κ1) is 9.73. The zero-order valence-corrected chi connectivity index (χ0v) is 8.83. The van der Waals surface area contributed by atoms with Crippen LogP contribution < -0.4 is 10.6 Å². The first-order valence-electron chi connectivity index (χ1n) is 4.90. The van der Waals surface area contributed by atoms with Gasteiger partial charge in [-0.05, 0) is 19.3 Å². The lowest BCUT2D eigenvalue weighted by Gasteiger charge is -2.18. The Balaban J connectivity index is 2.04. The van der Waals surface area contributed by atoms with Crippen LogP contribution in [0.4, 0.5) is 10.1 Å². The quantitative estimate of drug-likeness (QED) is 0.732. The van der Waals surface area contributed by atoms with E-state index < -0.39 is 0 Å². The van der Waals surface area contributed by atoms with Gasteiger partial charge in [0.2, 0.25) is 0 Å². The molecule has 1 aromatic rings. The van der Waals surface area contributed by atoms with Gasteiger partial charge in [-0.2, -0.15) is 0 Å². The largest absolute Gasteiger partial charge is 0.393 e. The van der Waals surface area contributed by atoms with Crippen molar-refractivity contribution in [3.05, 3.63) is 6.20 Å². The minimum atomic E-state index is -0.141. The van der Waals surface area contributed by atoms with Crippen molar-refractivity contribution in [3.8, 4) is 0 Å². The summed E-state index contributed by atoms with van der Waals surface area (Å²) >= 11 is 1.52. The molecule has 0 aromatic carbocycles. The Bertz CT molecular complexity index is 302. The second-order valence-corrected chi connectivity index (χ2v) is 4.66. The molecule has 0 radical (unpaired) electrons. The molecule has 0 saturated carbocycles. The van der Waals surface area contributed by atoms with Crippen LogP contribution in [0.25, 0.3) is 0 Å². The maximum Gasteiger partial charge on any atom is 0.187 e. The normalized spacial score (nSPS) is 23.5. The molecule has 2 heterocycles. The Morgan fingerprint density at radius 2 is 2.36 bits per heavy atom. The second-order valence-electron chi connectivity index (χ2n) is 3.62. The van der Waals surface area contributed by atoms with Crippen LogP contribution in [0.2, 0.25) is 0 Å². The monoisotopic (exact) mass is 213 g/mol. The van der Waals surface area contributed by atoms with Crippen molar-refractivity contribution in [1.29, 1.82) is 0 Å². The van der Waals surface area contributed by atoms with Gasteiger partial charge in [0.15, 0.2) is 5.13 Å². The molecule has 1 unspecified atom stereocenters. The van der Waals surface area contributed by atoms with Gasteiger partial charge >= 0.3 is 0 Å². The zero-order valence-electron chi connectivity index (χ0n) is 8.02. The molecule has 2 rings (SSSR count). The van der Waals surface area contributed by atoms with Crippen LogP contribution in [0.1, 0.15) is 19.3 Å². The summed E-state index contributed by atoms with van der Waals surface area (Å²) in [7, 11) is 0. The third-order valence-electron chi connectivity index (χ3n) is 2.48. The van der Waals surface area contributed by atoms with Gasteiger partial charge in [-0.15, -0.1) is 0 Å². The summed E-state index contributed by atoms with van der Waals surface area (Å²) in [5.74, 6) is 0. The number of hydrogen-bond donors (Lipinski definition) is 2. The highest BCUT2D eigenvalue weighted by Gasteiger charge is 2.16. The first-order chi connectivity index (χ1) is 6.75. The SMILES string of the molecule is Nc1cnc(N2CCCC(O)CC2)s1. The number of nitrogen functional groups attached to an aromatic ring is 1. The molecule has 1 saturated heterocycles. The van der Waals surface area contributed by atoms with Crippen LogP contribution in [0.5, 0.6) is 0 Å². The molecule has 3 N–H and O–H groups in total. The van der Waals surface area contributed by atoms with Crippen LogP contribution in [-0.4, -0.2) is 29.3 Å². The second kappa shape index (κ2) is 4.14. The molecule has 0 amide bonds. The summed E-state index contributed by atoms with van der Waals surface area (Å²) in [6.07, 6.45) is 4.32. The number of aromatic nitrogens is 1. The summed E-state index contributed by atoms with van der Waals surface area (Å²) in [4.78, 5) is 6.45. The zero-order chi connectivity index (χ0) is 9.97. The molecule has 1 atom stereocenters. The maximum atomic E-state index is 9.49. The van der Waals surface area contributed by atoms with Crippen molar-refractivity contribution in [2.24, 2.45) is 0 Å². The van der Waals surface area contributed by atoms with Crippen molar-refractivity contribution in [2.45, 2.75) is 25.4 Å². The van der Waals surface area contributed by atoms with E-state index in [0.717, 1.165) is 42.5 Å². The van der Waals surface area contributed by atoms with Gasteiger partial charge in [-0.1, -0.05) is 11.3 Å². The molecule has 1 fully saturated rings. The lowest BCUT2D eigenvalue weighted by Crippen LogP contribution is -2.24. The van der Waals surface area contributed by atoms with Crippen LogP contribution in [0.3, 0.4) is 0 Å². The number of anilines is 2. The molecule has 78 valence electrons. The number of nitrogens with zero attached hydrogens (tertiary/aromatic N) is 2. The van der Waals surface area contributed by atoms with Gasteiger partial charge in [0, 0.05) is 13.1 Å². The van der Waals surface area contributed by atoms with Crippen molar-refractivity contribution >= 4 is 21.5 Å². The number of aliphatic hydroxyl groups excluding tert-OH is 1. The summed E-state index contributed by atoms with van der Waals surface area (Å²) in [6, 6.07) is 0. The fourth-order valence-corrected chi connectivity index (χ4v) is 2.43. The van der Waals surface area contributed by atoms with Crippen LogP contribution in [0.15, 0.2) is 6.20 Å². The minimum absolute atomic E-state index is 0.141. The number of hydrogen-bond acceptors (Lipinski definition) is 5. The van der Waals surface area contributed by atoms with E-state index in [1.165, 1.54) is 11.3 Å². The van der Waals surface area contributed by atoms with Gasteiger partial charge in [0.25, 0.3) is 0 Å². The van der Waals surface area contributed by atoms with E-state index in [4.69, 9.17) is 5.73 Å². The Morgan fingerprint density at radius 1 is 1.50 bits per heavy atom. The summed E-state index contributed by atoms with van der Waals surface area (Å²) < 4.78 is 0. The van der Waals surface area contributed by atoms with Crippen molar-refractivity contribution in [3.63, 3.8) is 0 Å². The number of nitrogens with two attached hydrogens (primary N) is 1. The lowest BCUT2D eigenvalue weighted by molar-refractivity contribution is 0.161. The van der Waals surface area contributed by atoms with Gasteiger partial charge in [-0.3, -0.25) is 0 Å². The summed E-state index contributed by atoms with van der Waals surface area (Å²) in [6.45, 7) is 1.86. The Labute approximate surface area is 87.4 Å². The molecule has 5 heteroatoms. The van der Waals surface area contributed by atoms with E-state index in [1.54, 1.807) is 6.20 Å². The van der Waals surface area contributed by atoms with Gasteiger partial charge in [0.1, 0.15) is 5.00 Å². The number of aliphatic hydroxyl groups is 1. The highest BCUT2D eigenvalue weighted by atomic mass is 32.1. The summed E-state index contributed by atoms with van der Waals surface area (Å²) in [5, 5.41) is 11.2. The van der Waals surface area contributed by atoms with Crippen LogP contribution in [0, 0.1) is 0 Å². The standard InChI is InChI=1S/C9H15N3OS/c10-8-6-11-9(14-8)12-4-1-2-7(13)3-5-12/h6-7,13H,1-5,10H2. The van der Waals surface area contributed by atoms with Crippen molar-refractivity contribution in [1.82, 2.24) is 4.98 Å². The van der Waals surface area contributed by atoms with E-state index >= 15 is 0 Å². The Kier molecular flexibility index (Phi) is 2.88. The van der Waals surface area contributed by atoms with Crippen molar-refractivity contribution < 1.29 is 5.11 Å². The molecule has 1 aliphatic heterocycles. The highest BCUT2D eigenvalue weighted by molar-refractivity contribution is 7.19. The molecule has 14 heavy (non-hydrogen) atoms. The fourth-order valence-electron chi connectivity index (χ4n) is 1.69. The molecule has 1 aromatic heterocycles. The predicted molar refractivity (Wildman–Crippen MR) is 58.6 cm³/mol. The predicted octanol–water partition coefficient (Wildman–Crippen LogP) is 1.08. The average molecular weight is 213 g/mol. The minimum Gasteiger partial charge on any atom is -0.393 e. The molecule has 0 spiro atoms. The third-order valence-corrected chi connectivity index (χ3v) is 3.37. The Hall–Kier alpha value is -0.810. The maximum absolute atomic E-state index is 9.49. The lowest BCUT2D eigenvalue weighted by atomic mass is 10.2. The van der Waals surface area contributed by atoms with Gasteiger partial charge < -0.3 is 15.7 Å². The van der Waals surface area contributed by atoms with E-state index in [1.807, 2.05) is 0 Å². The average Bonchev–Trinajstić information content (AvgIpc) is 2.46. The molecular formula is C9H15N3OS. The first-order valence-corrected chi connectivity index (χ1v) is 5.71.